The highest BCUT2D eigenvalue weighted by atomic mass is 19.1. The standard InChI is InChI=1S/C21H29FN4O/c1-23-21(26(4)15-16-9-8-10-17(22)13-16)24-14-19(25(2)3)18-11-6-7-12-20(18)27-5/h6-13,19H,14-15H2,1-5H3,(H,23,24). The highest BCUT2D eigenvalue weighted by Gasteiger charge is 2.19. The maximum Gasteiger partial charge on any atom is 0.193 e. The van der Waals surface area contributed by atoms with E-state index in [1.54, 1.807) is 26.3 Å². The summed E-state index contributed by atoms with van der Waals surface area (Å²) in [6.07, 6.45) is 0. The molecule has 0 aliphatic heterocycles. The first-order valence-electron chi connectivity index (χ1n) is 8.91. The zero-order valence-electron chi connectivity index (χ0n) is 16.7. The molecule has 0 heterocycles. The highest BCUT2D eigenvalue weighted by molar-refractivity contribution is 5.79. The minimum Gasteiger partial charge on any atom is -0.496 e. The molecule has 0 amide bonds. The molecule has 27 heavy (non-hydrogen) atoms. The molecule has 2 aromatic rings. The number of halogens is 1. The molecule has 1 unspecified atom stereocenters. The van der Waals surface area contributed by atoms with Gasteiger partial charge in [-0.15, -0.1) is 0 Å². The van der Waals surface area contributed by atoms with Gasteiger partial charge in [-0.2, -0.15) is 0 Å². The number of nitrogens with zero attached hydrogens (tertiary/aromatic N) is 3. The van der Waals surface area contributed by atoms with Crippen molar-refractivity contribution in [1.82, 2.24) is 15.1 Å². The first kappa shape index (κ1) is 20.7. The van der Waals surface area contributed by atoms with Crippen molar-refractivity contribution in [3.8, 4) is 5.75 Å². The van der Waals surface area contributed by atoms with Crippen LogP contribution < -0.4 is 10.1 Å². The predicted octanol–water partition coefficient (Wildman–Crippen LogP) is 3.14. The zero-order valence-corrected chi connectivity index (χ0v) is 16.7. The fraction of sp³-hybridized carbons (Fsp3) is 0.381. The quantitative estimate of drug-likeness (QED) is 0.599. The maximum absolute atomic E-state index is 13.4. The SMILES string of the molecule is CN=C(NCC(c1ccccc1OC)N(C)C)N(C)Cc1cccc(F)c1. The first-order valence-corrected chi connectivity index (χ1v) is 8.91. The van der Waals surface area contributed by atoms with E-state index < -0.39 is 0 Å². The lowest BCUT2D eigenvalue weighted by Gasteiger charge is -2.29. The lowest BCUT2D eigenvalue weighted by Crippen LogP contribution is -2.42. The summed E-state index contributed by atoms with van der Waals surface area (Å²) in [5.41, 5.74) is 2.01. The summed E-state index contributed by atoms with van der Waals surface area (Å²) in [5.74, 6) is 1.38. The Bertz CT molecular complexity index is 763. The summed E-state index contributed by atoms with van der Waals surface area (Å²) in [4.78, 5) is 8.48. The van der Waals surface area contributed by atoms with Crippen LogP contribution in [0.2, 0.25) is 0 Å². The van der Waals surface area contributed by atoms with Crippen LogP contribution >= 0.6 is 0 Å². The molecule has 146 valence electrons. The van der Waals surface area contributed by atoms with Crippen molar-refractivity contribution >= 4 is 5.96 Å². The molecule has 0 saturated carbocycles. The van der Waals surface area contributed by atoms with Gasteiger partial charge in [0.05, 0.1) is 13.2 Å². The van der Waals surface area contributed by atoms with E-state index in [2.05, 4.69) is 21.3 Å². The fourth-order valence-electron chi connectivity index (χ4n) is 3.07. The van der Waals surface area contributed by atoms with Crippen molar-refractivity contribution in [3.63, 3.8) is 0 Å². The number of rotatable bonds is 7. The van der Waals surface area contributed by atoms with Gasteiger partial charge in [0.15, 0.2) is 5.96 Å². The second-order valence-electron chi connectivity index (χ2n) is 6.64. The van der Waals surface area contributed by atoms with Gasteiger partial charge in [0.2, 0.25) is 0 Å². The van der Waals surface area contributed by atoms with E-state index in [0.29, 0.717) is 13.1 Å². The van der Waals surface area contributed by atoms with Gasteiger partial charge in [0, 0.05) is 32.7 Å². The fourth-order valence-corrected chi connectivity index (χ4v) is 3.07. The van der Waals surface area contributed by atoms with Crippen LogP contribution in [0.3, 0.4) is 0 Å². The largest absolute Gasteiger partial charge is 0.496 e. The number of benzene rings is 2. The van der Waals surface area contributed by atoms with Crippen LogP contribution in [-0.2, 0) is 6.54 Å². The Kier molecular flexibility index (Phi) is 7.61. The molecule has 1 atom stereocenters. The molecule has 1 N–H and O–H groups in total. The molecule has 0 aromatic heterocycles. The summed E-state index contributed by atoms with van der Waals surface area (Å²) < 4.78 is 18.9. The Balaban J connectivity index is 2.08. The van der Waals surface area contributed by atoms with Crippen molar-refractivity contribution in [2.75, 3.05) is 41.8 Å². The van der Waals surface area contributed by atoms with E-state index in [0.717, 1.165) is 22.8 Å². The molecular formula is C21H29FN4O. The Morgan fingerprint density at radius 2 is 1.89 bits per heavy atom. The van der Waals surface area contributed by atoms with Crippen LogP contribution in [0, 0.1) is 5.82 Å². The third-order valence-corrected chi connectivity index (χ3v) is 4.46. The van der Waals surface area contributed by atoms with Crippen LogP contribution in [0.15, 0.2) is 53.5 Å². The van der Waals surface area contributed by atoms with Crippen LogP contribution in [0.4, 0.5) is 4.39 Å². The van der Waals surface area contributed by atoms with Crippen molar-refractivity contribution in [2.24, 2.45) is 4.99 Å². The van der Waals surface area contributed by atoms with Crippen LogP contribution in [0.5, 0.6) is 5.75 Å². The van der Waals surface area contributed by atoms with Gasteiger partial charge in [0.1, 0.15) is 11.6 Å². The zero-order chi connectivity index (χ0) is 19.8. The lowest BCUT2D eigenvalue weighted by atomic mass is 10.0. The van der Waals surface area contributed by atoms with Crippen LogP contribution in [0.1, 0.15) is 17.2 Å². The first-order chi connectivity index (χ1) is 13.0. The highest BCUT2D eigenvalue weighted by Crippen LogP contribution is 2.27. The predicted molar refractivity (Wildman–Crippen MR) is 109 cm³/mol. The molecule has 5 nitrogen and oxygen atoms in total. The Hall–Kier alpha value is -2.60. The average molecular weight is 372 g/mol. The monoisotopic (exact) mass is 372 g/mol. The van der Waals surface area contributed by atoms with Gasteiger partial charge in [-0.3, -0.25) is 4.99 Å². The number of likely N-dealkylation sites (N-methyl/N-ethyl adjacent to an activating group) is 1. The van der Waals surface area contributed by atoms with Crippen molar-refractivity contribution in [1.29, 1.82) is 0 Å². The number of aliphatic imine (C=N–C) groups is 1. The normalized spacial score (nSPS) is 12.8. The molecule has 6 heteroatoms. The summed E-state index contributed by atoms with van der Waals surface area (Å²) >= 11 is 0. The summed E-state index contributed by atoms with van der Waals surface area (Å²) in [7, 11) is 9.45. The van der Waals surface area contributed by atoms with Gasteiger partial charge < -0.3 is 19.9 Å². The molecule has 2 rings (SSSR count). The molecule has 2 aromatic carbocycles. The smallest absolute Gasteiger partial charge is 0.193 e. The minimum absolute atomic E-state index is 0.112. The minimum atomic E-state index is -0.229. The molecule has 0 bridgehead atoms. The van der Waals surface area contributed by atoms with E-state index >= 15 is 0 Å². The summed E-state index contributed by atoms with van der Waals surface area (Å²) in [5, 5.41) is 3.42. The number of para-hydroxylation sites is 1. The molecule has 0 radical (unpaired) electrons. The van der Waals surface area contributed by atoms with Gasteiger partial charge >= 0.3 is 0 Å². The Morgan fingerprint density at radius 3 is 2.52 bits per heavy atom. The number of ether oxygens (including phenoxy) is 1. The summed E-state index contributed by atoms with van der Waals surface area (Å²) in [6.45, 7) is 1.23. The average Bonchev–Trinajstić information content (AvgIpc) is 2.65. The van der Waals surface area contributed by atoms with E-state index in [9.17, 15) is 4.39 Å². The number of nitrogens with one attached hydrogen (secondary N) is 1. The molecule has 0 spiro atoms. The Morgan fingerprint density at radius 1 is 1.15 bits per heavy atom. The second kappa shape index (κ2) is 9.92. The van der Waals surface area contributed by atoms with Crippen molar-refractivity contribution < 1.29 is 9.13 Å². The number of hydrogen-bond acceptors (Lipinski definition) is 3. The lowest BCUT2D eigenvalue weighted by molar-refractivity contribution is 0.285. The van der Waals surface area contributed by atoms with E-state index in [1.165, 1.54) is 6.07 Å². The topological polar surface area (TPSA) is 40.1 Å². The summed E-state index contributed by atoms with van der Waals surface area (Å²) in [6, 6.07) is 14.8. The Labute approximate surface area is 161 Å². The molecule has 0 saturated heterocycles. The van der Waals surface area contributed by atoms with E-state index in [-0.39, 0.29) is 11.9 Å². The second-order valence-corrected chi connectivity index (χ2v) is 6.64. The van der Waals surface area contributed by atoms with Crippen LogP contribution in [-0.4, -0.2) is 57.6 Å². The van der Waals surface area contributed by atoms with E-state index in [4.69, 9.17) is 4.74 Å². The maximum atomic E-state index is 13.4. The number of guanidine groups is 1. The third kappa shape index (κ3) is 5.69. The molecular weight excluding hydrogens is 343 g/mol. The van der Waals surface area contributed by atoms with Crippen LogP contribution in [0.25, 0.3) is 0 Å². The van der Waals surface area contributed by atoms with Gasteiger partial charge in [-0.25, -0.2) is 4.39 Å². The number of methoxy groups -OCH3 is 1. The van der Waals surface area contributed by atoms with Gasteiger partial charge in [0.25, 0.3) is 0 Å². The third-order valence-electron chi connectivity index (χ3n) is 4.46. The molecule has 0 fully saturated rings. The molecule has 0 aliphatic carbocycles. The van der Waals surface area contributed by atoms with Gasteiger partial charge in [-0.05, 0) is 37.9 Å². The number of hydrogen-bond donors (Lipinski definition) is 1. The molecule has 0 aliphatic rings. The van der Waals surface area contributed by atoms with E-state index in [1.807, 2.05) is 50.3 Å². The van der Waals surface area contributed by atoms with Crippen molar-refractivity contribution in [2.45, 2.75) is 12.6 Å². The van der Waals surface area contributed by atoms with Gasteiger partial charge in [-0.1, -0.05) is 30.3 Å². The van der Waals surface area contributed by atoms with Crippen molar-refractivity contribution in [3.05, 3.63) is 65.5 Å².